The molecule has 1 N–H and O–H groups in total. The topological polar surface area (TPSA) is 46.2 Å². The Hall–Kier alpha value is -0.580. The van der Waals surface area contributed by atoms with E-state index >= 15 is 0 Å². The fraction of sp³-hybridized carbons (Fsp3) is 0.625. The zero-order valence-electron chi connectivity index (χ0n) is 12.9. The van der Waals surface area contributed by atoms with E-state index in [9.17, 15) is 8.42 Å². The molecule has 1 aliphatic carbocycles. The maximum Gasteiger partial charge on any atom is 0.158 e. The van der Waals surface area contributed by atoms with Crippen molar-refractivity contribution in [1.29, 1.82) is 0 Å². The van der Waals surface area contributed by atoms with E-state index in [0.717, 1.165) is 24.8 Å². The third-order valence-corrected chi connectivity index (χ3v) is 6.99. The van der Waals surface area contributed by atoms with E-state index in [0.29, 0.717) is 5.02 Å². The predicted octanol–water partition coefficient (Wildman–Crippen LogP) is 3.42. The largest absolute Gasteiger partial charge is 0.315 e. The van der Waals surface area contributed by atoms with Gasteiger partial charge in [-0.05, 0) is 43.0 Å². The molecule has 3 nitrogen and oxygen atoms in total. The molecule has 1 fully saturated rings. The van der Waals surface area contributed by atoms with Crippen LogP contribution in [0.5, 0.6) is 0 Å². The third-order valence-electron chi connectivity index (χ3n) is 4.58. The van der Waals surface area contributed by atoms with Crippen molar-refractivity contribution in [3.63, 3.8) is 0 Å². The monoisotopic (exact) mass is 329 g/mol. The Bertz CT molecular complexity index is 581. The first kappa shape index (κ1) is 16.8. The normalized spacial score (nSPS) is 25.7. The molecular formula is C16H24ClNO2S. The lowest BCUT2D eigenvalue weighted by atomic mass is 9.73. The smallest absolute Gasteiger partial charge is 0.158 e. The van der Waals surface area contributed by atoms with E-state index in [1.54, 1.807) is 24.3 Å². The van der Waals surface area contributed by atoms with Gasteiger partial charge >= 0.3 is 0 Å². The molecular weight excluding hydrogens is 306 g/mol. The molecule has 0 aromatic heterocycles. The molecule has 0 radical (unpaired) electrons. The van der Waals surface area contributed by atoms with Crippen LogP contribution in [0.15, 0.2) is 24.3 Å². The Morgan fingerprint density at radius 3 is 2.48 bits per heavy atom. The van der Waals surface area contributed by atoms with Gasteiger partial charge in [0.15, 0.2) is 9.84 Å². The highest BCUT2D eigenvalue weighted by Crippen LogP contribution is 2.39. The van der Waals surface area contributed by atoms with Crippen LogP contribution in [0.2, 0.25) is 5.02 Å². The van der Waals surface area contributed by atoms with Gasteiger partial charge in [0.25, 0.3) is 0 Å². The summed E-state index contributed by atoms with van der Waals surface area (Å²) in [4.78, 5) is 0. The van der Waals surface area contributed by atoms with Crippen LogP contribution >= 0.6 is 11.6 Å². The summed E-state index contributed by atoms with van der Waals surface area (Å²) in [6.07, 6.45) is 2.77. The molecule has 21 heavy (non-hydrogen) atoms. The summed E-state index contributed by atoms with van der Waals surface area (Å²) in [5.41, 5.74) is 0.808. The number of sulfone groups is 1. The van der Waals surface area contributed by atoms with Crippen molar-refractivity contribution in [3.8, 4) is 0 Å². The number of benzene rings is 1. The van der Waals surface area contributed by atoms with E-state index < -0.39 is 9.84 Å². The van der Waals surface area contributed by atoms with Crippen LogP contribution in [0.1, 0.15) is 38.7 Å². The van der Waals surface area contributed by atoms with Crippen LogP contribution in [0.4, 0.5) is 0 Å². The Morgan fingerprint density at radius 1 is 1.29 bits per heavy atom. The van der Waals surface area contributed by atoms with Gasteiger partial charge in [0.2, 0.25) is 0 Å². The lowest BCUT2D eigenvalue weighted by molar-refractivity contribution is 0.178. The Morgan fingerprint density at radius 2 is 1.90 bits per heavy atom. The average molecular weight is 330 g/mol. The van der Waals surface area contributed by atoms with E-state index in [4.69, 9.17) is 11.6 Å². The molecule has 0 amide bonds. The second-order valence-corrected chi connectivity index (χ2v) is 9.28. The zero-order valence-corrected chi connectivity index (χ0v) is 14.5. The second kappa shape index (κ2) is 6.27. The lowest BCUT2D eigenvalue weighted by Gasteiger charge is -2.43. The van der Waals surface area contributed by atoms with Gasteiger partial charge in [-0.3, -0.25) is 0 Å². The van der Waals surface area contributed by atoms with Gasteiger partial charge in [0.05, 0.1) is 11.0 Å². The number of nitrogens with one attached hydrogen (secondary N) is 1. The summed E-state index contributed by atoms with van der Waals surface area (Å²) in [6.45, 7) is 4.30. The molecule has 5 heteroatoms. The van der Waals surface area contributed by atoms with Crippen molar-refractivity contribution in [2.45, 2.75) is 50.2 Å². The maximum absolute atomic E-state index is 12.8. The summed E-state index contributed by atoms with van der Waals surface area (Å²) < 4.78 is 25.6. The molecule has 0 saturated heterocycles. The highest BCUT2D eigenvalue weighted by Gasteiger charge is 2.43. The lowest BCUT2D eigenvalue weighted by Crippen LogP contribution is -2.54. The van der Waals surface area contributed by atoms with E-state index in [1.807, 2.05) is 7.05 Å². The molecule has 0 aliphatic heterocycles. The molecule has 0 bridgehead atoms. The third kappa shape index (κ3) is 3.79. The van der Waals surface area contributed by atoms with E-state index in [1.165, 1.54) is 0 Å². The molecule has 1 aromatic rings. The predicted molar refractivity (Wildman–Crippen MR) is 88.3 cm³/mol. The first-order valence-electron chi connectivity index (χ1n) is 7.39. The summed E-state index contributed by atoms with van der Waals surface area (Å²) in [6, 6.07) is 7.08. The van der Waals surface area contributed by atoms with Crippen molar-refractivity contribution in [1.82, 2.24) is 5.32 Å². The van der Waals surface area contributed by atoms with Crippen molar-refractivity contribution in [2.24, 2.45) is 5.41 Å². The van der Waals surface area contributed by atoms with E-state index in [-0.39, 0.29) is 22.5 Å². The number of hydrogen-bond acceptors (Lipinski definition) is 3. The number of halogens is 1. The first-order chi connectivity index (χ1) is 9.76. The fourth-order valence-electron chi connectivity index (χ4n) is 3.47. The summed E-state index contributed by atoms with van der Waals surface area (Å²) in [5.74, 6) is 0.0864. The van der Waals surface area contributed by atoms with Crippen LogP contribution in [-0.4, -0.2) is 26.8 Å². The maximum atomic E-state index is 12.8. The highest BCUT2D eigenvalue weighted by molar-refractivity contribution is 7.91. The molecule has 2 unspecified atom stereocenters. The minimum absolute atomic E-state index is 0.00329. The van der Waals surface area contributed by atoms with Gasteiger partial charge in [-0.15, -0.1) is 0 Å². The highest BCUT2D eigenvalue weighted by atomic mass is 35.5. The summed E-state index contributed by atoms with van der Waals surface area (Å²) in [5, 5.41) is 3.56. The van der Waals surface area contributed by atoms with Crippen LogP contribution < -0.4 is 5.32 Å². The Kier molecular flexibility index (Phi) is 5.01. The van der Waals surface area contributed by atoms with Gasteiger partial charge in [-0.2, -0.15) is 0 Å². The van der Waals surface area contributed by atoms with Gasteiger partial charge in [0, 0.05) is 11.1 Å². The summed E-state index contributed by atoms with van der Waals surface area (Å²) in [7, 11) is -1.32. The van der Waals surface area contributed by atoms with Crippen LogP contribution in [0.25, 0.3) is 0 Å². The molecule has 1 aromatic carbocycles. The Labute approximate surface area is 133 Å². The second-order valence-electron chi connectivity index (χ2n) is 6.62. The first-order valence-corrected chi connectivity index (χ1v) is 9.49. The SMILES string of the molecule is CNC1C(S(=O)(=O)Cc2ccc(Cl)cc2)CCCC1(C)C. The van der Waals surface area contributed by atoms with Gasteiger partial charge in [-0.1, -0.05) is 44.0 Å². The molecule has 0 spiro atoms. The minimum atomic E-state index is -3.19. The number of rotatable bonds is 4. The Balaban J connectivity index is 2.23. The molecule has 1 aliphatic rings. The van der Waals surface area contributed by atoms with Crippen molar-refractivity contribution in [3.05, 3.63) is 34.9 Å². The van der Waals surface area contributed by atoms with Crippen molar-refractivity contribution >= 4 is 21.4 Å². The van der Waals surface area contributed by atoms with Crippen LogP contribution in [0.3, 0.4) is 0 Å². The van der Waals surface area contributed by atoms with Gasteiger partial charge in [0.1, 0.15) is 0 Å². The molecule has 0 heterocycles. The molecule has 118 valence electrons. The zero-order chi connectivity index (χ0) is 15.7. The van der Waals surface area contributed by atoms with Gasteiger partial charge in [-0.25, -0.2) is 8.42 Å². The molecule has 1 saturated carbocycles. The van der Waals surface area contributed by atoms with Crippen molar-refractivity contribution < 1.29 is 8.42 Å². The number of hydrogen-bond donors (Lipinski definition) is 1. The van der Waals surface area contributed by atoms with Crippen molar-refractivity contribution in [2.75, 3.05) is 7.05 Å². The standard InChI is InChI=1S/C16H24ClNO2S/c1-16(2)10-4-5-14(15(16)18-3)21(19,20)11-12-6-8-13(17)9-7-12/h6-9,14-15,18H,4-5,10-11H2,1-3H3. The van der Waals surface area contributed by atoms with Crippen LogP contribution in [-0.2, 0) is 15.6 Å². The average Bonchev–Trinajstić information content (AvgIpc) is 2.40. The quantitative estimate of drug-likeness (QED) is 0.920. The minimum Gasteiger partial charge on any atom is -0.315 e. The molecule has 2 rings (SSSR count). The van der Waals surface area contributed by atoms with Crippen LogP contribution in [0, 0.1) is 5.41 Å². The summed E-state index contributed by atoms with van der Waals surface area (Å²) >= 11 is 5.86. The van der Waals surface area contributed by atoms with Gasteiger partial charge < -0.3 is 5.32 Å². The molecule has 2 atom stereocenters. The fourth-order valence-corrected chi connectivity index (χ4v) is 5.91. The van der Waals surface area contributed by atoms with E-state index in [2.05, 4.69) is 19.2 Å².